The molecule has 5 rings (SSSR count). The number of carbonyl (C=O) groups excluding carboxylic acids is 1. The van der Waals surface area contributed by atoms with Gasteiger partial charge < -0.3 is 9.84 Å². The molecule has 0 aromatic heterocycles. The molecule has 0 bridgehead atoms. The second-order valence-corrected chi connectivity index (χ2v) is 9.30. The number of carbonyl (C=O) groups is 1. The van der Waals surface area contributed by atoms with Gasteiger partial charge in [0.2, 0.25) is 0 Å². The van der Waals surface area contributed by atoms with E-state index in [2.05, 4.69) is 6.92 Å². The molecule has 5 aliphatic rings. The third-order valence-electron chi connectivity index (χ3n) is 8.67. The highest BCUT2D eigenvalue weighted by Crippen LogP contribution is 2.67. The number of allylic oxidation sites excluding steroid dienone is 2. The number of hydrogen-bond donors (Lipinski definition) is 1. The molecule has 2 saturated carbocycles. The van der Waals surface area contributed by atoms with Gasteiger partial charge in [-0.3, -0.25) is 4.79 Å². The fraction of sp³-hybridized carbons (Fsp3) is 0.857. The first kappa shape index (κ1) is 15.6. The monoisotopic (exact) mass is 330 g/mol. The topological polar surface area (TPSA) is 46.5 Å². The maximum absolute atomic E-state index is 11.8. The lowest BCUT2D eigenvalue weighted by molar-refractivity contribution is -0.156. The zero-order valence-electron chi connectivity index (χ0n) is 14.9. The first-order chi connectivity index (χ1) is 11.6. The quantitative estimate of drug-likeness (QED) is 0.687. The van der Waals surface area contributed by atoms with E-state index in [1.807, 2.05) is 0 Å². The third-order valence-corrected chi connectivity index (χ3v) is 8.67. The van der Waals surface area contributed by atoms with E-state index >= 15 is 0 Å². The van der Waals surface area contributed by atoms with Gasteiger partial charge in [0.05, 0.1) is 18.3 Å². The van der Waals surface area contributed by atoms with Crippen molar-refractivity contribution in [2.75, 3.05) is 6.61 Å². The molecule has 132 valence electrons. The van der Waals surface area contributed by atoms with E-state index in [9.17, 15) is 9.90 Å². The second-order valence-electron chi connectivity index (χ2n) is 9.30. The normalized spacial score (nSPS) is 50.8. The minimum absolute atomic E-state index is 0.145. The maximum atomic E-state index is 11.8. The largest absolute Gasteiger partial charge is 0.390 e. The lowest BCUT2D eigenvalue weighted by Crippen LogP contribution is -2.55. The molecule has 0 radical (unpaired) electrons. The Morgan fingerprint density at radius 1 is 1.08 bits per heavy atom. The predicted molar refractivity (Wildman–Crippen MR) is 91.5 cm³/mol. The number of ether oxygens (including phenoxy) is 1. The summed E-state index contributed by atoms with van der Waals surface area (Å²) in [5, 5.41) is 10.7. The molecule has 1 saturated heterocycles. The van der Waals surface area contributed by atoms with Gasteiger partial charge in [-0.25, -0.2) is 0 Å². The number of rotatable bonds is 0. The third kappa shape index (κ3) is 1.83. The van der Waals surface area contributed by atoms with Gasteiger partial charge in [-0.05, 0) is 69.1 Å². The molecule has 0 aromatic rings. The molecule has 1 heterocycles. The average molecular weight is 330 g/mol. The lowest BCUT2D eigenvalue weighted by Gasteiger charge is -2.55. The highest BCUT2D eigenvalue weighted by molar-refractivity contribution is 5.82. The molecule has 3 nitrogen and oxygen atoms in total. The summed E-state index contributed by atoms with van der Waals surface area (Å²) in [6.07, 6.45) is 10.2. The van der Waals surface area contributed by atoms with Crippen LogP contribution >= 0.6 is 0 Å². The molecule has 1 spiro atoms. The molecule has 0 amide bonds. The molecular weight excluding hydrogens is 300 g/mol. The van der Waals surface area contributed by atoms with Crippen molar-refractivity contribution in [3.05, 3.63) is 11.1 Å². The van der Waals surface area contributed by atoms with Crippen LogP contribution < -0.4 is 0 Å². The van der Waals surface area contributed by atoms with Crippen LogP contribution in [0.5, 0.6) is 0 Å². The summed E-state index contributed by atoms with van der Waals surface area (Å²) in [7, 11) is 0. The van der Waals surface area contributed by atoms with E-state index in [0.29, 0.717) is 17.6 Å². The number of hydrogen-bond acceptors (Lipinski definition) is 3. The summed E-state index contributed by atoms with van der Waals surface area (Å²) >= 11 is 0. The molecule has 6 atom stereocenters. The van der Waals surface area contributed by atoms with Crippen molar-refractivity contribution in [1.29, 1.82) is 0 Å². The van der Waals surface area contributed by atoms with Gasteiger partial charge >= 0.3 is 0 Å². The number of ketones is 1. The molecule has 1 N–H and O–H groups in total. The van der Waals surface area contributed by atoms with Gasteiger partial charge in [-0.15, -0.1) is 0 Å². The predicted octanol–water partition coefficient (Wildman–Crippen LogP) is 3.79. The minimum Gasteiger partial charge on any atom is -0.390 e. The Kier molecular flexibility index (Phi) is 3.35. The van der Waals surface area contributed by atoms with E-state index in [0.717, 1.165) is 51.0 Å². The molecule has 1 aliphatic heterocycles. The molecule has 0 aromatic carbocycles. The Hall–Kier alpha value is -0.670. The summed E-state index contributed by atoms with van der Waals surface area (Å²) < 4.78 is 6.28. The van der Waals surface area contributed by atoms with Crippen molar-refractivity contribution in [2.24, 2.45) is 23.2 Å². The summed E-state index contributed by atoms with van der Waals surface area (Å²) in [5.41, 5.74) is 3.05. The fourth-order valence-electron chi connectivity index (χ4n) is 7.55. The SMILES string of the molecule is C[C@]12CC[C@@H]3C4=C(CC[C@H]3[C@@H]1CC[C@]21OCC[C@@H]1O)CC(=O)CC4. The van der Waals surface area contributed by atoms with Gasteiger partial charge in [0, 0.05) is 18.3 Å². The van der Waals surface area contributed by atoms with E-state index in [4.69, 9.17) is 4.74 Å². The highest BCUT2D eigenvalue weighted by atomic mass is 16.5. The molecule has 3 fully saturated rings. The van der Waals surface area contributed by atoms with Crippen LogP contribution in [0.1, 0.15) is 71.1 Å². The number of aliphatic hydroxyl groups excluding tert-OH is 1. The Morgan fingerprint density at radius 3 is 2.75 bits per heavy atom. The van der Waals surface area contributed by atoms with Crippen LogP contribution in [0.4, 0.5) is 0 Å². The average Bonchev–Trinajstić information content (AvgIpc) is 3.09. The zero-order chi connectivity index (χ0) is 16.5. The van der Waals surface area contributed by atoms with Crippen molar-refractivity contribution in [3.8, 4) is 0 Å². The Bertz CT molecular complexity index is 608. The second kappa shape index (κ2) is 5.17. The van der Waals surface area contributed by atoms with Gasteiger partial charge in [0.25, 0.3) is 0 Å². The van der Waals surface area contributed by atoms with Crippen molar-refractivity contribution < 1.29 is 14.6 Å². The number of fused-ring (bicyclic) bond motifs is 5. The summed E-state index contributed by atoms with van der Waals surface area (Å²) in [5.74, 6) is 2.62. The molecule has 0 unspecified atom stereocenters. The summed E-state index contributed by atoms with van der Waals surface area (Å²) in [6.45, 7) is 3.15. The number of Topliss-reactive ketones (excluding diaryl/α,β-unsaturated/α-hetero) is 1. The Labute approximate surface area is 144 Å². The van der Waals surface area contributed by atoms with Crippen molar-refractivity contribution in [2.45, 2.75) is 82.8 Å². The van der Waals surface area contributed by atoms with Crippen LogP contribution in [0.25, 0.3) is 0 Å². The van der Waals surface area contributed by atoms with Gasteiger partial charge in [-0.2, -0.15) is 0 Å². The number of aliphatic hydroxyl groups is 1. The lowest BCUT2D eigenvalue weighted by atomic mass is 9.52. The Balaban J connectivity index is 1.48. The first-order valence-corrected chi connectivity index (χ1v) is 10.1. The van der Waals surface area contributed by atoms with Crippen LogP contribution in [-0.2, 0) is 9.53 Å². The fourth-order valence-corrected chi connectivity index (χ4v) is 7.55. The van der Waals surface area contributed by atoms with Crippen LogP contribution in [-0.4, -0.2) is 29.2 Å². The summed E-state index contributed by atoms with van der Waals surface area (Å²) in [6, 6.07) is 0. The molecule has 4 aliphatic carbocycles. The molecule has 3 heteroatoms. The summed E-state index contributed by atoms with van der Waals surface area (Å²) in [4.78, 5) is 11.8. The van der Waals surface area contributed by atoms with Crippen LogP contribution in [0.15, 0.2) is 11.1 Å². The van der Waals surface area contributed by atoms with Crippen LogP contribution in [0.2, 0.25) is 0 Å². The molecule has 24 heavy (non-hydrogen) atoms. The molecular formula is C21H30O3. The minimum atomic E-state index is -0.269. The van der Waals surface area contributed by atoms with E-state index in [-0.39, 0.29) is 17.1 Å². The highest BCUT2D eigenvalue weighted by Gasteiger charge is 2.66. The van der Waals surface area contributed by atoms with Crippen molar-refractivity contribution in [1.82, 2.24) is 0 Å². The van der Waals surface area contributed by atoms with Crippen LogP contribution in [0.3, 0.4) is 0 Å². The maximum Gasteiger partial charge on any atom is 0.137 e. The van der Waals surface area contributed by atoms with Gasteiger partial charge in [0.1, 0.15) is 5.78 Å². The van der Waals surface area contributed by atoms with Gasteiger partial charge in [-0.1, -0.05) is 18.1 Å². The zero-order valence-corrected chi connectivity index (χ0v) is 14.9. The van der Waals surface area contributed by atoms with Gasteiger partial charge in [0.15, 0.2) is 0 Å². The van der Waals surface area contributed by atoms with E-state index in [1.165, 1.54) is 31.3 Å². The van der Waals surface area contributed by atoms with Crippen molar-refractivity contribution in [3.63, 3.8) is 0 Å². The van der Waals surface area contributed by atoms with Crippen LogP contribution in [0, 0.1) is 23.2 Å². The van der Waals surface area contributed by atoms with E-state index < -0.39 is 0 Å². The smallest absolute Gasteiger partial charge is 0.137 e. The van der Waals surface area contributed by atoms with E-state index in [1.54, 1.807) is 5.57 Å². The standard InChI is InChI=1S/C21H30O3/c1-20-9-6-16-15-5-3-14(22)12-13(15)2-4-17(16)18(20)7-10-21(20)19(23)8-11-24-21/h16-19,23H,2-12H2,1H3/t16-,17-,18+,19+,20+,21-/m1/s1. The first-order valence-electron chi connectivity index (χ1n) is 10.1. The Morgan fingerprint density at radius 2 is 1.96 bits per heavy atom. The van der Waals surface area contributed by atoms with Crippen molar-refractivity contribution >= 4 is 5.78 Å².